The number of anilines is 3. The Bertz CT molecular complexity index is 2930. The van der Waals surface area contributed by atoms with Crippen LogP contribution < -0.4 is 4.90 Å². The lowest BCUT2D eigenvalue weighted by Gasteiger charge is -2.28. The van der Waals surface area contributed by atoms with Gasteiger partial charge in [0.15, 0.2) is 5.58 Å². The van der Waals surface area contributed by atoms with E-state index >= 15 is 0 Å². The van der Waals surface area contributed by atoms with Gasteiger partial charge in [0, 0.05) is 22.0 Å². The van der Waals surface area contributed by atoms with Crippen LogP contribution in [-0.4, -0.2) is 0 Å². The van der Waals surface area contributed by atoms with Crippen LogP contribution in [0.5, 0.6) is 0 Å². The molecule has 0 spiro atoms. The average Bonchev–Trinajstić information content (AvgIpc) is 3.64. The summed E-state index contributed by atoms with van der Waals surface area (Å²) in [5.74, 6) is 0. The fraction of sp³-hybridized carbons (Fsp3) is 0. The number of nitrogens with zero attached hydrogens (tertiary/aromatic N) is 1. The molecule has 0 aliphatic carbocycles. The average molecular weight is 690 g/mol. The minimum Gasteiger partial charge on any atom is -0.454 e. The van der Waals surface area contributed by atoms with Crippen molar-refractivity contribution in [3.05, 3.63) is 212 Å². The van der Waals surface area contributed by atoms with Crippen LogP contribution in [0.4, 0.5) is 17.1 Å². The highest BCUT2D eigenvalue weighted by molar-refractivity contribution is 6.11. The summed E-state index contributed by atoms with van der Waals surface area (Å²) in [6, 6.07) is 75.8. The van der Waals surface area contributed by atoms with E-state index in [0.717, 1.165) is 61.3 Å². The number of rotatable bonds is 7. The molecule has 54 heavy (non-hydrogen) atoms. The Kier molecular flexibility index (Phi) is 7.85. The van der Waals surface area contributed by atoms with Gasteiger partial charge in [-0.15, -0.1) is 0 Å². The Hall–Kier alpha value is -7.16. The Morgan fingerprint density at radius 3 is 1.76 bits per heavy atom. The summed E-state index contributed by atoms with van der Waals surface area (Å²) < 4.78 is 6.69. The Labute approximate surface area is 314 Å². The quantitative estimate of drug-likeness (QED) is 0.166. The first-order chi connectivity index (χ1) is 26.8. The lowest BCUT2D eigenvalue weighted by atomic mass is 9.95. The second kappa shape index (κ2) is 13.4. The summed E-state index contributed by atoms with van der Waals surface area (Å²) in [5, 5.41) is 4.70. The van der Waals surface area contributed by atoms with Gasteiger partial charge < -0.3 is 9.32 Å². The smallest absolute Gasteiger partial charge is 0.159 e. The first-order valence-electron chi connectivity index (χ1n) is 18.4. The van der Waals surface area contributed by atoms with Gasteiger partial charge in [-0.2, -0.15) is 0 Å². The van der Waals surface area contributed by atoms with Crippen LogP contribution in [-0.2, 0) is 0 Å². The van der Waals surface area contributed by atoms with Gasteiger partial charge in [0.05, 0.1) is 11.4 Å². The van der Waals surface area contributed by atoms with Crippen molar-refractivity contribution >= 4 is 49.8 Å². The maximum Gasteiger partial charge on any atom is 0.159 e. The van der Waals surface area contributed by atoms with Gasteiger partial charge in [-0.3, -0.25) is 0 Å². The number of benzene rings is 9. The molecule has 0 saturated heterocycles. The maximum atomic E-state index is 6.69. The van der Waals surface area contributed by atoms with Crippen molar-refractivity contribution < 1.29 is 4.42 Å². The minimum atomic E-state index is 0.858. The topological polar surface area (TPSA) is 16.4 Å². The molecule has 0 N–H and O–H groups in total. The molecule has 2 nitrogen and oxygen atoms in total. The summed E-state index contributed by atoms with van der Waals surface area (Å²) in [5.41, 5.74) is 14.2. The predicted molar refractivity (Wildman–Crippen MR) is 228 cm³/mol. The lowest BCUT2D eigenvalue weighted by molar-refractivity contribution is 0.669. The molecular formula is C52H35NO. The predicted octanol–water partition coefficient (Wildman–Crippen LogP) is 14.9. The normalized spacial score (nSPS) is 11.3. The molecule has 0 atom stereocenters. The largest absolute Gasteiger partial charge is 0.454 e. The first kappa shape index (κ1) is 31.6. The molecule has 0 aliphatic heterocycles. The molecule has 0 saturated carbocycles. The number of hydrogen-bond donors (Lipinski definition) is 0. The van der Waals surface area contributed by atoms with Gasteiger partial charge in [-0.25, -0.2) is 0 Å². The molecule has 0 aliphatic rings. The molecule has 0 amide bonds. The minimum absolute atomic E-state index is 0.858. The standard InChI is InChI=1S/C52H35NO/c1-2-14-36(15-3-1)37-30-32-39(33-31-37)46-23-6-8-27-49(46)53(50-28-13-26-48-47-24-7-9-29-51(47)54-52(48)50)43-21-11-19-41(35-43)40-18-10-20-42(34-40)45-25-12-17-38-16-4-5-22-44(38)45/h1-35H. The van der Waals surface area contributed by atoms with Crippen molar-refractivity contribution in [2.75, 3.05) is 4.90 Å². The molecule has 10 rings (SSSR count). The Morgan fingerprint density at radius 1 is 0.315 bits per heavy atom. The number of fused-ring (bicyclic) bond motifs is 4. The molecule has 10 aromatic rings. The van der Waals surface area contributed by atoms with Gasteiger partial charge in [0.25, 0.3) is 0 Å². The molecule has 0 unspecified atom stereocenters. The third kappa shape index (κ3) is 5.62. The van der Waals surface area contributed by atoms with Crippen molar-refractivity contribution in [3.8, 4) is 44.5 Å². The Balaban J connectivity index is 1.14. The van der Waals surface area contributed by atoms with Crippen molar-refractivity contribution in [1.29, 1.82) is 0 Å². The zero-order valence-electron chi connectivity index (χ0n) is 29.6. The first-order valence-corrected chi connectivity index (χ1v) is 18.4. The number of para-hydroxylation sites is 3. The van der Waals surface area contributed by atoms with E-state index in [2.05, 4.69) is 211 Å². The zero-order chi connectivity index (χ0) is 35.8. The van der Waals surface area contributed by atoms with Crippen LogP contribution >= 0.6 is 0 Å². The second-order valence-corrected chi connectivity index (χ2v) is 13.7. The maximum absolute atomic E-state index is 6.69. The van der Waals surface area contributed by atoms with Crippen LogP contribution in [0.1, 0.15) is 0 Å². The van der Waals surface area contributed by atoms with Crippen molar-refractivity contribution in [1.82, 2.24) is 0 Å². The molecule has 1 aromatic heterocycles. The molecule has 0 radical (unpaired) electrons. The highest BCUT2D eigenvalue weighted by Crippen LogP contribution is 2.46. The summed E-state index contributed by atoms with van der Waals surface area (Å²) in [6.45, 7) is 0. The van der Waals surface area contributed by atoms with E-state index in [-0.39, 0.29) is 0 Å². The number of hydrogen-bond acceptors (Lipinski definition) is 2. The van der Waals surface area contributed by atoms with Crippen LogP contribution in [0.25, 0.3) is 77.2 Å². The van der Waals surface area contributed by atoms with Gasteiger partial charge >= 0.3 is 0 Å². The number of furan rings is 1. The summed E-state index contributed by atoms with van der Waals surface area (Å²) in [4.78, 5) is 2.36. The van der Waals surface area contributed by atoms with Crippen LogP contribution in [0, 0.1) is 0 Å². The highest BCUT2D eigenvalue weighted by atomic mass is 16.3. The molecule has 0 fully saturated rings. The summed E-state index contributed by atoms with van der Waals surface area (Å²) in [6.07, 6.45) is 0. The fourth-order valence-corrected chi connectivity index (χ4v) is 7.87. The van der Waals surface area contributed by atoms with Crippen molar-refractivity contribution in [2.45, 2.75) is 0 Å². The SMILES string of the molecule is c1ccc(-c2ccc(-c3ccccc3N(c3cccc(-c4cccc(-c5cccc6ccccc56)c4)c3)c3cccc4c3oc3ccccc34)cc2)cc1. The van der Waals surface area contributed by atoms with E-state index < -0.39 is 0 Å². The van der Waals surface area contributed by atoms with Crippen LogP contribution in [0.3, 0.4) is 0 Å². The van der Waals surface area contributed by atoms with Gasteiger partial charge in [0.2, 0.25) is 0 Å². The highest BCUT2D eigenvalue weighted by Gasteiger charge is 2.22. The van der Waals surface area contributed by atoms with Crippen molar-refractivity contribution in [3.63, 3.8) is 0 Å². The van der Waals surface area contributed by atoms with E-state index in [9.17, 15) is 0 Å². The molecular weight excluding hydrogens is 655 g/mol. The van der Waals surface area contributed by atoms with E-state index in [1.165, 1.54) is 33.0 Å². The van der Waals surface area contributed by atoms with E-state index in [1.807, 2.05) is 6.07 Å². The van der Waals surface area contributed by atoms with Crippen LogP contribution in [0.2, 0.25) is 0 Å². The lowest BCUT2D eigenvalue weighted by Crippen LogP contribution is -2.11. The summed E-state index contributed by atoms with van der Waals surface area (Å²) in [7, 11) is 0. The third-order valence-electron chi connectivity index (χ3n) is 10.5. The Morgan fingerprint density at radius 2 is 0.870 bits per heavy atom. The van der Waals surface area contributed by atoms with Crippen LogP contribution in [0.15, 0.2) is 217 Å². The fourth-order valence-electron chi connectivity index (χ4n) is 7.87. The second-order valence-electron chi connectivity index (χ2n) is 13.7. The molecule has 9 aromatic carbocycles. The van der Waals surface area contributed by atoms with Crippen molar-refractivity contribution in [2.24, 2.45) is 0 Å². The van der Waals surface area contributed by atoms with E-state index in [0.29, 0.717) is 0 Å². The molecule has 254 valence electrons. The molecule has 1 heterocycles. The van der Waals surface area contributed by atoms with Gasteiger partial charge in [-0.05, 0) is 86.1 Å². The third-order valence-corrected chi connectivity index (χ3v) is 10.5. The van der Waals surface area contributed by atoms with E-state index in [1.54, 1.807) is 0 Å². The summed E-state index contributed by atoms with van der Waals surface area (Å²) >= 11 is 0. The van der Waals surface area contributed by atoms with Gasteiger partial charge in [0.1, 0.15) is 5.58 Å². The van der Waals surface area contributed by atoms with E-state index in [4.69, 9.17) is 4.42 Å². The van der Waals surface area contributed by atoms with Gasteiger partial charge in [-0.1, -0.05) is 176 Å². The molecule has 0 bridgehead atoms. The zero-order valence-corrected chi connectivity index (χ0v) is 29.6. The monoisotopic (exact) mass is 689 g/mol. The molecule has 2 heteroatoms.